The fourth-order valence-electron chi connectivity index (χ4n) is 1.69. The number of hydrogen-bond donors (Lipinski definition) is 0. The minimum absolute atomic E-state index is 0.769. The molecule has 0 saturated heterocycles. The lowest BCUT2D eigenvalue weighted by Crippen LogP contribution is -1.87. The van der Waals surface area contributed by atoms with Gasteiger partial charge in [-0.3, -0.25) is 0 Å². The van der Waals surface area contributed by atoms with E-state index in [2.05, 4.69) is 6.58 Å². The Morgan fingerprint density at radius 3 is 2.56 bits per heavy atom. The number of hydrogen-bond acceptors (Lipinski definition) is 0. The molecular weight excluding hydrogens is 239 g/mol. The van der Waals surface area contributed by atoms with Gasteiger partial charge < -0.3 is 0 Å². The molecule has 0 atom stereocenters. The van der Waals surface area contributed by atoms with Crippen LogP contribution in [0.1, 0.15) is 37.7 Å². The van der Waals surface area contributed by atoms with Crippen molar-refractivity contribution < 1.29 is 0 Å². The number of benzene rings is 1. The van der Waals surface area contributed by atoms with Crippen molar-refractivity contribution in [1.29, 1.82) is 0 Å². The molecule has 0 aliphatic rings. The van der Waals surface area contributed by atoms with Crippen LogP contribution in [0.25, 0.3) is 0 Å². The van der Waals surface area contributed by atoms with Gasteiger partial charge in [0.1, 0.15) is 0 Å². The van der Waals surface area contributed by atoms with Gasteiger partial charge in [-0.25, -0.2) is 0 Å². The molecule has 0 spiro atoms. The average molecular weight is 257 g/mol. The summed E-state index contributed by atoms with van der Waals surface area (Å²) in [5.74, 6) is 0. The number of aryl methyl sites for hydroxylation is 1. The zero-order chi connectivity index (χ0) is 11.8. The zero-order valence-corrected chi connectivity index (χ0v) is 11.0. The quantitative estimate of drug-likeness (QED) is 0.436. The van der Waals surface area contributed by atoms with Crippen LogP contribution in [0.3, 0.4) is 0 Å². The third kappa shape index (κ3) is 5.05. The second-order valence-corrected chi connectivity index (χ2v) is 4.82. The first-order valence-electron chi connectivity index (χ1n) is 5.79. The Bertz CT molecular complexity index is 332. The van der Waals surface area contributed by atoms with Crippen LogP contribution in [-0.2, 0) is 6.42 Å². The molecule has 0 saturated carbocycles. The summed E-state index contributed by atoms with van der Waals surface area (Å²) >= 11 is 12.0. The normalized spacial score (nSPS) is 10.4. The largest absolute Gasteiger partial charge is 0.103 e. The zero-order valence-electron chi connectivity index (χ0n) is 9.52. The highest BCUT2D eigenvalue weighted by atomic mass is 35.5. The van der Waals surface area contributed by atoms with Gasteiger partial charge in [-0.2, -0.15) is 0 Å². The van der Waals surface area contributed by atoms with Gasteiger partial charge in [-0.1, -0.05) is 42.1 Å². The van der Waals surface area contributed by atoms with Crippen molar-refractivity contribution >= 4 is 23.2 Å². The summed E-state index contributed by atoms with van der Waals surface area (Å²) < 4.78 is 0. The summed E-state index contributed by atoms with van der Waals surface area (Å²) in [6.07, 6.45) is 9.06. The Labute approximate surface area is 108 Å². The maximum Gasteiger partial charge on any atom is 0.0439 e. The number of allylic oxidation sites excluding steroid dienone is 1. The Balaban J connectivity index is 2.26. The molecule has 0 amide bonds. The molecule has 0 bridgehead atoms. The summed E-state index contributed by atoms with van der Waals surface area (Å²) in [4.78, 5) is 0. The van der Waals surface area contributed by atoms with Crippen molar-refractivity contribution in [2.24, 2.45) is 0 Å². The lowest BCUT2D eigenvalue weighted by molar-refractivity contribution is 0.646. The summed E-state index contributed by atoms with van der Waals surface area (Å²) in [5.41, 5.74) is 1.16. The maximum absolute atomic E-state index is 6.09. The summed E-state index contributed by atoms with van der Waals surface area (Å²) in [6, 6.07) is 5.67. The molecule has 2 heteroatoms. The van der Waals surface area contributed by atoms with Crippen molar-refractivity contribution in [3.05, 3.63) is 46.5 Å². The molecule has 0 aromatic heterocycles. The van der Waals surface area contributed by atoms with Crippen LogP contribution in [0.15, 0.2) is 30.9 Å². The van der Waals surface area contributed by atoms with Crippen molar-refractivity contribution in [2.45, 2.75) is 38.5 Å². The van der Waals surface area contributed by atoms with E-state index in [9.17, 15) is 0 Å². The minimum atomic E-state index is 0.769. The third-order valence-corrected chi connectivity index (χ3v) is 3.22. The number of unbranched alkanes of at least 4 members (excludes halogenated alkanes) is 4. The highest BCUT2D eigenvalue weighted by molar-refractivity contribution is 6.33. The first kappa shape index (κ1) is 13.6. The van der Waals surface area contributed by atoms with E-state index in [1.165, 1.54) is 25.7 Å². The number of halogens is 2. The van der Waals surface area contributed by atoms with Gasteiger partial charge in [0.2, 0.25) is 0 Å². The SMILES string of the molecule is C=CCCCCCCc1cc(Cl)ccc1Cl. The van der Waals surface area contributed by atoms with Crippen LogP contribution < -0.4 is 0 Å². The molecular formula is C14H18Cl2. The van der Waals surface area contributed by atoms with E-state index >= 15 is 0 Å². The van der Waals surface area contributed by atoms with Crippen molar-refractivity contribution in [3.63, 3.8) is 0 Å². The summed E-state index contributed by atoms with van der Waals surface area (Å²) in [5, 5.41) is 1.60. The number of rotatable bonds is 7. The molecule has 0 N–H and O–H groups in total. The first-order chi connectivity index (χ1) is 7.74. The fourth-order valence-corrected chi connectivity index (χ4v) is 2.10. The molecule has 0 aliphatic carbocycles. The highest BCUT2D eigenvalue weighted by Crippen LogP contribution is 2.22. The van der Waals surface area contributed by atoms with Crippen molar-refractivity contribution in [2.75, 3.05) is 0 Å². The summed E-state index contributed by atoms with van der Waals surface area (Å²) in [6.45, 7) is 3.72. The van der Waals surface area contributed by atoms with E-state index in [0.717, 1.165) is 28.5 Å². The Morgan fingerprint density at radius 2 is 1.81 bits per heavy atom. The van der Waals surface area contributed by atoms with Crippen LogP contribution in [0.2, 0.25) is 10.0 Å². The maximum atomic E-state index is 6.09. The van der Waals surface area contributed by atoms with E-state index in [4.69, 9.17) is 23.2 Å². The predicted octanol–water partition coefficient (Wildman–Crippen LogP) is 5.67. The second kappa shape index (κ2) is 7.76. The molecule has 1 aromatic carbocycles. The van der Waals surface area contributed by atoms with Gasteiger partial charge in [0, 0.05) is 10.0 Å². The van der Waals surface area contributed by atoms with Gasteiger partial charge in [0.25, 0.3) is 0 Å². The van der Waals surface area contributed by atoms with Crippen LogP contribution in [-0.4, -0.2) is 0 Å². The molecule has 1 rings (SSSR count). The topological polar surface area (TPSA) is 0 Å². The van der Waals surface area contributed by atoms with E-state index in [1.807, 2.05) is 24.3 Å². The van der Waals surface area contributed by atoms with Crippen LogP contribution in [0, 0.1) is 0 Å². The molecule has 0 unspecified atom stereocenters. The lowest BCUT2D eigenvalue weighted by atomic mass is 10.1. The smallest absolute Gasteiger partial charge is 0.0439 e. The van der Waals surface area contributed by atoms with Gasteiger partial charge in [-0.05, 0) is 49.4 Å². The molecule has 0 aliphatic heterocycles. The third-order valence-electron chi connectivity index (χ3n) is 2.61. The molecule has 0 radical (unpaired) electrons. The fraction of sp³-hybridized carbons (Fsp3) is 0.429. The standard InChI is InChI=1S/C14H18Cl2/c1-2-3-4-5-6-7-8-12-11-13(15)9-10-14(12)16/h2,9-11H,1,3-8H2. The van der Waals surface area contributed by atoms with Gasteiger partial charge in [0.05, 0.1) is 0 Å². The highest BCUT2D eigenvalue weighted by Gasteiger charge is 2.01. The van der Waals surface area contributed by atoms with Crippen molar-refractivity contribution in [3.8, 4) is 0 Å². The Morgan fingerprint density at radius 1 is 1.06 bits per heavy atom. The lowest BCUT2D eigenvalue weighted by Gasteiger charge is -2.04. The van der Waals surface area contributed by atoms with E-state index in [1.54, 1.807) is 0 Å². The molecule has 0 heterocycles. The average Bonchev–Trinajstić information content (AvgIpc) is 2.28. The summed E-state index contributed by atoms with van der Waals surface area (Å²) in [7, 11) is 0. The predicted molar refractivity (Wildman–Crippen MR) is 73.4 cm³/mol. The van der Waals surface area contributed by atoms with E-state index in [-0.39, 0.29) is 0 Å². The molecule has 88 valence electrons. The van der Waals surface area contributed by atoms with Crippen LogP contribution >= 0.6 is 23.2 Å². The van der Waals surface area contributed by atoms with Crippen molar-refractivity contribution in [1.82, 2.24) is 0 Å². The van der Waals surface area contributed by atoms with Crippen LogP contribution in [0.4, 0.5) is 0 Å². The Hall–Kier alpha value is -0.460. The molecule has 0 nitrogen and oxygen atoms in total. The minimum Gasteiger partial charge on any atom is -0.103 e. The van der Waals surface area contributed by atoms with Gasteiger partial charge >= 0.3 is 0 Å². The molecule has 0 fully saturated rings. The first-order valence-corrected chi connectivity index (χ1v) is 6.54. The van der Waals surface area contributed by atoms with Crippen LogP contribution in [0.5, 0.6) is 0 Å². The monoisotopic (exact) mass is 256 g/mol. The second-order valence-electron chi connectivity index (χ2n) is 3.98. The van der Waals surface area contributed by atoms with Gasteiger partial charge in [-0.15, -0.1) is 6.58 Å². The Kier molecular flexibility index (Phi) is 6.59. The van der Waals surface area contributed by atoms with Gasteiger partial charge in [0.15, 0.2) is 0 Å². The van der Waals surface area contributed by atoms with E-state index in [0.29, 0.717) is 0 Å². The van der Waals surface area contributed by atoms with E-state index < -0.39 is 0 Å². The molecule has 1 aromatic rings. The molecule has 16 heavy (non-hydrogen) atoms.